The summed E-state index contributed by atoms with van der Waals surface area (Å²) < 4.78 is 18.8. The van der Waals surface area contributed by atoms with Gasteiger partial charge in [-0.3, -0.25) is 4.98 Å². The van der Waals surface area contributed by atoms with E-state index in [1.165, 1.54) is 12.1 Å². The zero-order chi connectivity index (χ0) is 13.7. The van der Waals surface area contributed by atoms with E-state index in [1.807, 2.05) is 12.1 Å². The zero-order valence-electron chi connectivity index (χ0n) is 10.2. The maximum Gasteiger partial charge on any atom is 0.488 e. The SMILES string of the molecule is OB(O)c1ccc(F)c(OCCc2cccnc2)c1. The lowest BCUT2D eigenvalue weighted by atomic mass is 9.80. The van der Waals surface area contributed by atoms with Crippen LogP contribution in [0.4, 0.5) is 4.39 Å². The Morgan fingerprint density at radius 3 is 2.79 bits per heavy atom. The number of halogens is 1. The average molecular weight is 261 g/mol. The second-order valence-electron chi connectivity index (χ2n) is 4.02. The third-order valence-electron chi connectivity index (χ3n) is 2.62. The number of nitrogens with zero attached hydrogens (tertiary/aromatic N) is 1. The van der Waals surface area contributed by atoms with Crippen molar-refractivity contribution >= 4 is 12.6 Å². The molecule has 19 heavy (non-hydrogen) atoms. The van der Waals surface area contributed by atoms with Gasteiger partial charge in [-0.15, -0.1) is 0 Å². The van der Waals surface area contributed by atoms with Gasteiger partial charge in [0.25, 0.3) is 0 Å². The molecule has 2 N–H and O–H groups in total. The van der Waals surface area contributed by atoms with E-state index in [2.05, 4.69) is 4.98 Å². The average Bonchev–Trinajstić information content (AvgIpc) is 2.42. The van der Waals surface area contributed by atoms with Crippen molar-refractivity contribution in [2.75, 3.05) is 6.61 Å². The molecule has 0 bridgehead atoms. The maximum atomic E-state index is 13.5. The summed E-state index contributed by atoms with van der Waals surface area (Å²) in [6.45, 7) is 0.285. The summed E-state index contributed by atoms with van der Waals surface area (Å²) in [7, 11) is -1.64. The Morgan fingerprint density at radius 2 is 2.11 bits per heavy atom. The zero-order valence-corrected chi connectivity index (χ0v) is 10.2. The van der Waals surface area contributed by atoms with E-state index in [0.717, 1.165) is 11.6 Å². The molecule has 0 spiro atoms. The van der Waals surface area contributed by atoms with Gasteiger partial charge in [0.2, 0.25) is 0 Å². The molecular weight excluding hydrogens is 248 g/mol. The standard InChI is InChI=1S/C13H13BFNO3/c15-12-4-3-11(14(17)18)8-13(12)19-7-5-10-2-1-6-16-9-10/h1-4,6,8-9,17-18H,5,7H2. The smallest absolute Gasteiger partial charge is 0.488 e. The molecule has 0 radical (unpaired) electrons. The summed E-state index contributed by atoms with van der Waals surface area (Å²) >= 11 is 0. The summed E-state index contributed by atoms with van der Waals surface area (Å²) in [5.41, 5.74) is 1.18. The van der Waals surface area contributed by atoms with E-state index >= 15 is 0 Å². The Kier molecular flexibility index (Phi) is 4.49. The van der Waals surface area contributed by atoms with Crippen LogP contribution in [0.5, 0.6) is 5.75 Å². The van der Waals surface area contributed by atoms with Crippen LogP contribution >= 0.6 is 0 Å². The molecule has 2 rings (SSSR count). The van der Waals surface area contributed by atoms with Gasteiger partial charge in [0.05, 0.1) is 6.61 Å². The van der Waals surface area contributed by atoms with Gasteiger partial charge in [0.15, 0.2) is 11.6 Å². The fraction of sp³-hybridized carbons (Fsp3) is 0.154. The molecule has 1 aromatic heterocycles. The molecule has 0 unspecified atom stereocenters. The van der Waals surface area contributed by atoms with Crippen molar-refractivity contribution in [2.45, 2.75) is 6.42 Å². The second-order valence-corrected chi connectivity index (χ2v) is 4.02. The van der Waals surface area contributed by atoms with E-state index in [9.17, 15) is 4.39 Å². The lowest BCUT2D eigenvalue weighted by Gasteiger charge is -2.09. The van der Waals surface area contributed by atoms with Crippen molar-refractivity contribution in [1.82, 2.24) is 4.98 Å². The van der Waals surface area contributed by atoms with Crippen LogP contribution in [0, 0.1) is 5.82 Å². The molecule has 0 saturated carbocycles. The maximum absolute atomic E-state index is 13.5. The Labute approximate surface area is 110 Å². The van der Waals surface area contributed by atoms with Crippen molar-refractivity contribution in [3.8, 4) is 5.75 Å². The largest absolute Gasteiger partial charge is 0.490 e. The van der Waals surface area contributed by atoms with Crippen LogP contribution in [-0.2, 0) is 6.42 Å². The highest BCUT2D eigenvalue weighted by molar-refractivity contribution is 6.58. The fourth-order valence-corrected chi connectivity index (χ4v) is 1.62. The quantitative estimate of drug-likeness (QED) is 0.770. The fourth-order valence-electron chi connectivity index (χ4n) is 1.62. The highest BCUT2D eigenvalue weighted by Gasteiger charge is 2.14. The van der Waals surface area contributed by atoms with Gasteiger partial charge in [-0.25, -0.2) is 4.39 Å². The molecule has 98 valence electrons. The van der Waals surface area contributed by atoms with Crippen LogP contribution < -0.4 is 10.2 Å². The molecule has 0 amide bonds. The topological polar surface area (TPSA) is 62.6 Å². The minimum atomic E-state index is -1.64. The van der Waals surface area contributed by atoms with Crippen molar-refractivity contribution in [3.63, 3.8) is 0 Å². The number of hydrogen-bond donors (Lipinski definition) is 2. The second kappa shape index (κ2) is 6.31. The predicted molar refractivity (Wildman–Crippen MR) is 69.7 cm³/mol. The van der Waals surface area contributed by atoms with E-state index in [0.29, 0.717) is 6.42 Å². The summed E-state index contributed by atoms with van der Waals surface area (Å²) in [5.74, 6) is -0.523. The van der Waals surface area contributed by atoms with Crippen molar-refractivity contribution in [1.29, 1.82) is 0 Å². The van der Waals surface area contributed by atoms with Gasteiger partial charge < -0.3 is 14.8 Å². The van der Waals surface area contributed by atoms with Crippen LogP contribution in [-0.4, -0.2) is 28.8 Å². The van der Waals surface area contributed by atoms with Crippen molar-refractivity contribution in [3.05, 3.63) is 54.1 Å². The number of pyridine rings is 1. The van der Waals surface area contributed by atoms with Crippen LogP contribution in [0.25, 0.3) is 0 Å². The molecule has 0 saturated heterocycles. The van der Waals surface area contributed by atoms with Gasteiger partial charge in [0, 0.05) is 18.8 Å². The van der Waals surface area contributed by atoms with E-state index in [1.54, 1.807) is 12.4 Å². The third kappa shape index (κ3) is 3.77. The molecule has 4 nitrogen and oxygen atoms in total. The molecule has 1 aromatic carbocycles. The number of ether oxygens (including phenoxy) is 1. The molecule has 0 aliphatic heterocycles. The normalized spacial score (nSPS) is 10.3. The summed E-state index contributed by atoms with van der Waals surface area (Å²) in [6.07, 6.45) is 3.99. The highest BCUT2D eigenvalue weighted by atomic mass is 19.1. The molecule has 0 atom stereocenters. The molecule has 1 heterocycles. The van der Waals surface area contributed by atoms with E-state index < -0.39 is 12.9 Å². The van der Waals surface area contributed by atoms with Crippen molar-refractivity contribution in [2.24, 2.45) is 0 Å². The third-order valence-corrected chi connectivity index (χ3v) is 2.62. The summed E-state index contributed by atoms with van der Waals surface area (Å²) in [5, 5.41) is 18.0. The molecule has 2 aromatic rings. The number of benzene rings is 1. The van der Waals surface area contributed by atoms with E-state index in [4.69, 9.17) is 14.8 Å². The summed E-state index contributed by atoms with van der Waals surface area (Å²) in [6, 6.07) is 7.45. The molecule has 0 aliphatic carbocycles. The predicted octanol–water partition coefficient (Wildman–Crippen LogP) is 0.522. The summed E-state index contributed by atoms with van der Waals surface area (Å²) in [4.78, 5) is 3.97. The van der Waals surface area contributed by atoms with Gasteiger partial charge in [-0.2, -0.15) is 0 Å². The first-order valence-corrected chi connectivity index (χ1v) is 5.84. The monoisotopic (exact) mass is 261 g/mol. The Balaban J connectivity index is 1.97. The van der Waals surface area contributed by atoms with Crippen LogP contribution in [0.2, 0.25) is 0 Å². The van der Waals surface area contributed by atoms with Gasteiger partial charge >= 0.3 is 7.12 Å². The number of aromatic nitrogens is 1. The Hall–Kier alpha value is -1.92. The minimum absolute atomic E-state index is 0.00879. The number of hydrogen-bond acceptors (Lipinski definition) is 4. The van der Waals surface area contributed by atoms with Gasteiger partial charge in [-0.1, -0.05) is 12.1 Å². The Morgan fingerprint density at radius 1 is 1.26 bits per heavy atom. The van der Waals surface area contributed by atoms with Crippen LogP contribution in [0.1, 0.15) is 5.56 Å². The molecular formula is C13H13BFNO3. The lowest BCUT2D eigenvalue weighted by Crippen LogP contribution is -2.29. The minimum Gasteiger partial charge on any atom is -0.490 e. The highest BCUT2D eigenvalue weighted by Crippen LogP contribution is 2.15. The first kappa shape index (κ1) is 13.5. The van der Waals surface area contributed by atoms with E-state index in [-0.39, 0.29) is 17.8 Å². The first-order valence-electron chi connectivity index (χ1n) is 5.84. The lowest BCUT2D eigenvalue weighted by molar-refractivity contribution is 0.305. The number of rotatable bonds is 5. The molecule has 0 aliphatic rings. The van der Waals surface area contributed by atoms with Gasteiger partial charge in [0.1, 0.15) is 0 Å². The van der Waals surface area contributed by atoms with Crippen LogP contribution in [0.15, 0.2) is 42.7 Å². The van der Waals surface area contributed by atoms with Crippen LogP contribution in [0.3, 0.4) is 0 Å². The molecule has 0 fully saturated rings. The van der Waals surface area contributed by atoms with Crippen molar-refractivity contribution < 1.29 is 19.2 Å². The Bertz CT molecular complexity index is 537. The molecule has 6 heteroatoms. The first-order chi connectivity index (χ1) is 9.16. The van der Waals surface area contributed by atoms with Gasteiger partial charge in [-0.05, 0) is 29.2 Å².